The largest absolute Gasteiger partial charge is 0.475 e. The number of anilines is 1. The van der Waals surface area contributed by atoms with Crippen molar-refractivity contribution in [2.24, 2.45) is 0 Å². The molecule has 0 aliphatic rings. The first-order valence-electron chi connectivity index (χ1n) is 6.88. The fraction of sp³-hybridized carbons (Fsp3) is 0.533. The number of carbonyl (C=O) groups excluding carboxylic acids is 1. The molecular weight excluding hydrogens is 273 g/mol. The van der Waals surface area contributed by atoms with Gasteiger partial charge < -0.3 is 14.6 Å². The van der Waals surface area contributed by atoms with Gasteiger partial charge in [0.05, 0.1) is 20.6 Å². The van der Waals surface area contributed by atoms with E-state index in [1.165, 1.54) is 0 Å². The minimum atomic E-state index is -0.412. The molecule has 20 heavy (non-hydrogen) atoms. The van der Waals surface area contributed by atoms with Crippen LogP contribution in [-0.4, -0.2) is 23.8 Å². The second-order valence-electron chi connectivity index (χ2n) is 5.22. The van der Waals surface area contributed by atoms with Gasteiger partial charge in [-0.3, -0.25) is 0 Å². The van der Waals surface area contributed by atoms with Crippen LogP contribution in [0.1, 0.15) is 34.6 Å². The average molecular weight is 297 g/mol. The zero-order valence-electron chi connectivity index (χ0n) is 12.8. The molecule has 0 aliphatic heterocycles. The predicted octanol–water partition coefficient (Wildman–Crippen LogP) is 3.82. The Morgan fingerprint density at radius 1 is 1.15 bits per heavy atom. The van der Waals surface area contributed by atoms with Crippen molar-refractivity contribution in [2.75, 3.05) is 5.32 Å². The molecule has 0 aliphatic carbocycles. The first-order valence-corrected chi connectivity index (χ1v) is 7.87. The van der Waals surface area contributed by atoms with Crippen LogP contribution in [0.5, 0.6) is 5.75 Å². The molecule has 2 atom stereocenters. The van der Waals surface area contributed by atoms with Crippen molar-refractivity contribution in [3.63, 3.8) is 0 Å². The Hall–Kier alpha value is -1.28. The third kappa shape index (κ3) is 5.79. The number of rotatable bonds is 7. The third-order valence-electron chi connectivity index (χ3n) is 2.37. The third-order valence-corrected chi connectivity index (χ3v) is 3.18. The van der Waals surface area contributed by atoms with Crippen molar-refractivity contribution < 1.29 is 14.1 Å². The van der Waals surface area contributed by atoms with Crippen LogP contribution >= 0.6 is 8.81 Å². The van der Waals surface area contributed by atoms with Gasteiger partial charge in [0, 0.05) is 5.66 Å². The van der Waals surface area contributed by atoms with Crippen LogP contribution < -0.4 is 9.84 Å². The van der Waals surface area contributed by atoms with Gasteiger partial charge in [-0.2, -0.15) is 0 Å². The van der Waals surface area contributed by atoms with E-state index < -0.39 is 6.04 Å². The Morgan fingerprint density at radius 2 is 1.80 bits per heavy atom. The van der Waals surface area contributed by atoms with Crippen LogP contribution in [-0.2, 0) is 9.53 Å². The Kier molecular flexibility index (Phi) is 6.80. The Morgan fingerprint density at radius 3 is 2.40 bits per heavy atom. The van der Waals surface area contributed by atoms with Crippen LogP contribution in [0.15, 0.2) is 24.3 Å². The molecule has 4 nitrogen and oxygen atoms in total. The summed E-state index contributed by atoms with van der Waals surface area (Å²) in [7, 11) is 0.394. The highest BCUT2D eigenvalue weighted by Gasteiger charge is 2.17. The molecule has 0 spiro atoms. The molecule has 1 aromatic carbocycles. The molecule has 0 aromatic heterocycles. The van der Waals surface area contributed by atoms with Gasteiger partial charge in [-0.25, -0.2) is 4.79 Å². The highest BCUT2D eigenvalue weighted by molar-refractivity contribution is 7.33. The summed E-state index contributed by atoms with van der Waals surface area (Å²) < 4.78 is 11.0. The van der Waals surface area contributed by atoms with E-state index in [2.05, 4.69) is 19.2 Å². The number of nitrogens with one attached hydrogen (secondary N) is 1. The van der Waals surface area contributed by atoms with Crippen molar-refractivity contribution in [3.8, 4) is 5.75 Å². The molecule has 0 amide bonds. The minimum Gasteiger partial charge on any atom is -0.475 e. The van der Waals surface area contributed by atoms with E-state index in [1.54, 1.807) is 6.92 Å². The molecule has 0 saturated heterocycles. The normalized spacial score (nSPS) is 12.9. The molecule has 1 rings (SSSR count). The van der Waals surface area contributed by atoms with E-state index in [-0.39, 0.29) is 12.1 Å². The van der Waals surface area contributed by atoms with E-state index in [0.29, 0.717) is 14.5 Å². The van der Waals surface area contributed by atoms with Gasteiger partial charge in [0.2, 0.25) is 0 Å². The van der Waals surface area contributed by atoms with Crippen molar-refractivity contribution in [2.45, 2.75) is 52.4 Å². The maximum absolute atomic E-state index is 11.8. The smallest absolute Gasteiger partial charge is 0.328 e. The number of ether oxygens (including phenoxy) is 1. The summed E-state index contributed by atoms with van der Waals surface area (Å²) in [6.45, 7) is 9.68. The second kappa shape index (κ2) is 8.11. The van der Waals surface area contributed by atoms with Gasteiger partial charge in [0.1, 0.15) is 11.8 Å². The predicted molar refractivity (Wildman–Crippen MR) is 84.8 cm³/mol. The number of hydrogen-bond acceptors (Lipinski definition) is 4. The lowest BCUT2D eigenvalue weighted by Gasteiger charge is -2.19. The Bertz CT molecular complexity index is 435. The maximum atomic E-state index is 11.8. The van der Waals surface area contributed by atoms with E-state index in [1.807, 2.05) is 38.1 Å². The van der Waals surface area contributed by atoms with E-state index in [9.17, 15) is 4.79 Å². The summed E-state index contributed by atoms with van der Waals surface area (Å²) in [6, 6.07) is 7.22. The summed E-state index contributed by atoms with van der Waals surface area (Å²) in [5, 5.41) is 3.14. The maximum Gasteiger partial charge on any atom is 0.328 e. The molecule has 112 valence electrons. The molecule has 1 N–H and O–H groups in total. The van der Waals surface area contributed by atoms with Gasteiger partial charge in [-0.05, 0) is 32.9 Å². The topological polar surface area (TPSA) is 47.6 Å². The molecule has 2 unspecified atom stereocenters. The average Bonchev–Trinajstić information content (AvgIpc) is 2.36. The Labute approximate surface area is 123 Å². The lowest BCUT2D eigenvalue weighted by Crippen LogP contribution is -2.30. The zero-order chi connectivity index (χ0) is 15.1. The van der Waals surface area contributed by atoms with Crippen LogP contribution in [0, 0.1) is 0 Å². The lowest BCUT2D eigenvalue weighted by molar-refractivity contribution is -0.147. The highest BCUT2D eigenvalue weighted by Crippen LogP contribution is 2.31. The molecule has 0 saturated carbocycles. The summed E-state index contributed by atoms with van der Waals surface area (Å²) in [5.74, 6) is 0.504. The second-order valence-corrected chi connectivity index (χ2v) is 6.82. The summed E-state index contributed by atoms with van der Waals surface area (Å²) >= 11 is 0. The van der Waals surface area contributed by atoms with Crippen LogP contribution in [0.25, 0.3) is 0 Å². The molecule has 0 radical (unpaired) electrons. The SMILES string of the molecule is CC(C)OC(=O)C(C)Nc1ccccc1OPC(C)C. The van der Waals surface area contributed by atoms with Crippen LogP contribution in [0.3, 0.4) is 0 Å². The van der Waals surface area contributed by atoms with E-state index in [4.69, 9.17) is 9.26 Å². The quantitative estimate of drug-likeness (QED) is 0.614. The Balaban J connectivity index is 2.69. The van der Waals surface area contributed by atoms with Gasteiger partial charge in [-0.15, -0.1) is 0 Å². The van der Waals surface area contributed by atoms with Crippen LogP contribution in [0.2, 0.25) is 0 Å². The number of esters is 1. The van der Waals surface area contributed by atoms with Crippen molar-refractivity contribution in [1.82, 2.24) is 0 Å². The standard InChI is InChI=1S/C15H24NO3P/c1-10(2)18-15(17)12(5)16-13-8-6-7-9-14(13)19-20-11(3)4/h6-12,16,20H,1-5H3. The van der Waals surface area contributed by atoms with Crippen molar-refractivity contribution in [3.05, 3.63) is 24.3 Å². The number of hydrogen-bond donors (Lipinski definition) is 1. The molecule has 5 heteroatoms. The van der Waals surface area contributed by atoms with Gasteiger partial charge in [-0.1, -0.05) is 26.0 Å². The monoisotopic (exact) mass is 297 g/mol. The highest BCUT2D eigenvalue weighted by atomic mass is 31.1. The van der Waals surface area contributed by atoms with E-state index >= 15 is 0 Å². The molecule has 0 bridgehead atoms. The zero-order valence-corrected chi connectivity index (χ0v) is 13.8. The summed E-state index contributed by atoms with van der Waals surface area (Å²) in [5.41, 5.74) is 1.29. The minimum absolute atomic E-state index is 0.110. The number of benzene rings is 1. The molecular formula is C15H24NO3P. The lowest BCUT2D eigenvalue weighted by atomic mass is 10.2. The van der Waals surface area contributed by atoms with Crippen LogP contribution in [0.4, 0.5) is 5.69 Å². The molecule has 1 aromatic rings. The van der Waals surface area contributed by atoms with Crippen molar-refractivity contribution in [1.29, 1.82) is 0 Å². The number of para-hydroxylation sites is 2. The summed E-state index contributed by atoms with van der Waals surface area (Å²) in [6.07, 6.45) is -0.110. The van der Waals surface area contributed by atoms with E-state index in [0.717, 1.165) is 11.4 Å². The fourth-order valence-electron chi connectivity index (χ4n) is 1.48. The summed E-state index contributed by atoms with van der Waals surface area (Å²) in [4.78, 5) is 11.8. The van der Waals surface area contributed by atoms with Gasteiger partial charge in [0.25, 0.3) is 0 Å². The fourth-order valence-corrected chi connectivity index (χ4v) is 2.02. The number of carbonyl (C=O) groups is 1. The first kappa shape index (κ1) is 16.8. The van der Waals surface area contributed by atoms with Gasteiger partial charge >= 0.3 is 5.97 Å². The molecule has 0 fully saturated rings. The van der Waals surface area contributed by atoms with Crippen molar-refractivity contribution >= 4 is 20.5 Å². The first-order chi connectivity index (χ1) is 9.40. The molecule has 0 heterocycles. The van der Waals surface area contributed by atoms with Gasteiger partial charge in [0.15, 0.2) is 0 Å².